The number of aryl methyl sites for hydroxylation is 1. The summed E-state index contributed by atoms with van der Waals surface area (Å²) < 4.78 is 7.86. The van der Waals surface area contributed by atoms with Crippen molar-refractivity contribution in [3.63, 3.8) is 0 Å². The first-order chi connectivity index (χ1) is 14.6. The summed E-state index contributed by atoms with van der Waals surface area (Å²) in [6.07, 6.45) is 1.05. The summed E-state index contributed by atoms with van der Waals surface area (Å²) in [4.78, 5) is 19.4. The minimum absolute atomic E-state index is 0. The molecule has 2 aliphatic rings. The molecule has 0 saturated carbocycles. The molecule has 2 fully saturated rings. The van der Waals surface area contributed by atoms with Gasteiger partial charge in [0.25, 0.3) is 0 Å². The average molecular weight is 463 g/mol. The van der Waals surface area contributed by atoms with E-state index < -0.39 is 0 Å². The van der Waals surface area contributed by atoms with Gasteiger partial charge in [0.1, 0.15) is 11.6 Å². The van der Waals surface area contributed by atoms with Crippen LogP contribution >= 0.6 is 24.0 Å². The molecular formula is C22H28Cl2N6O. The summed E-state index contributed by atoms with van der Waals surface area (Å²) in [6.45, 7) is 8.28. The summed E-state index contributed by atoms with van der Waals surface area (Å²) >= 11 is 6.58. The number of halogens is 2. The molecule has 2 aromatic heterocycles. The lowest BCUT2D eigenvalue weighted by molar-refractivity contribution is 0.183. The van der Waals surface area contributed by atoms with Crippen molar-refractivity contribution in [2.45, 2.75) is 19.9 Å². The fourth-order valence-corrected chi connectivity index (χ4v) is 4.56. The maximum absolute atomic E-state index is 6.58. The van der Waals surface area contributed by atoms with E-state index in [-0.39, 0.29) is 12.4 Å². The molecule has 1 aromatic carbocycles. The Kier molecular flexibility index (Phi) is 6.67. The van der Waals surface area contributed by atoms with E-state index in [1.54, 1.807) is 0 Å². The molecule has 1 unspecified atom stereocenters. The Balaban J connectivity index is 0.00000231. The Morgan fingerprint density at radius 1 is 1.10 bits per heavy atom. The zero-order valence-electron chi connectivity index (χ0n) is 17.9. The van der Waals surface area contributed by atoms with E-state index in [1.807, 2.05) is 31.2 Å². The molecule has 0 spiro atoms. The molecule has 0 aliphatic carbocycles. The Morgan fingerprint density at radius 2 is 1.87 bits per heavy atom. The second kappa shape index (κ2) is 9.28. The summed E-state index contributed by atoms with van der Waals surface area (Å²) in [7, 11) is 2.16. The van der Waals surface area contributed by atoms with Crippen molar-refractivity contribution >= 4 is 41.0 Å². The second-order valence-electron chi connectivity index (χ2n) is 8.31. The van der Waals surface area contributed by atoms with Gasteiger partial charge in [-0.05, 0) is 32.5 Å². The number of hydrogen-bond acceptors (Lipinski definition) is 6. The van der Waals surface area contributed by atoms with Crippen LogP contribution in [0.25, 0.3) is 22.6 Å². The van der Waals surface area contributed by atoms with E-state index in [0.717, 1.165) is 86.6 Å². The van der Waals surface area contributed by atoms with Gasteiger partial charge in [0.2, 0.25) is 0 Å². The molecule has 9 heteroatoms. The van der Waals surface area contributed by atoms with Gasteiger partial charge in [0, 0.05) is 50.8 Å². The molecule has 0 bridgehead atoms. The van der Waals surface area contributed by atoms with E-state index in [0.29, 0.717) is 10.9 Å². The number of aromatic nitrogens is 4. The van der Waals surface area contributed by atoms with E-state index in [4.69, 9.17) is 31.3 Å². The van der Waals surface area contributed by atoms with Crippen LogP contribution in [0.1, 0.15) is 12.2 Å². The van der Waals surface area contributed by atoms with Crippen LogP contribution in [-0.2, 0) is 11.3 Å². The molecule has 4 heterocycles. The topological polar surface area (TPSA) is 59.3 Å². The van der Waals surface area contributed by atoms with E-state index in [1.165, 1.54) is 0 Å². The summed E-state index contributed by atoms with van der Waals surface area (Å²) in [6, 6.07) is 7.89. The molecule has 1 atom stereocenters. The molecule has 0 radical (unpaired) electrons. The highest BCUT2D eigenvalue weighted by Crippen LogP contribution is 2.34. The second-order valence-corrected chi connectivity index (χ2v) is 8.72. The highest BCUT2D eigenvalue weighted by molar-refractivity contribution is 6.33. The molecule has 2 aliphatic heterocycles. The Labute approximate surface area is 193 Å². The van der Waals surface area contributed by atoms with Crippen molar-refractivity contribution in [3.05, 3.63) is 35.1 Å². The first-order valence-electron chi connectivity index (χ1n) is 10.6. The van der Waals surface area contributed by atoms with E-state index >= 15 is 0 Å². The third-order valence-electron chi connectivity index (χ3n) is 6.07. The normalized spacial score (nSPS) is 19.7. The molecule has 0 amide bonds. The maximum atomic E-state index is 6.58. The predicted octanol–water partition coefficient (Wildman–Crippen LogP) is 3.67. The molecule has 31 heavy (non-hydrogen) atoms. The van der Waals surface area contributed by atoms with Crippen LogP contribution in [0.15, 0.2) is 24.3 Å². The van der Waals surface area contributed by atoms with Gasteiger partial charge in [0.05, 0.1) is 11.6 Å². The lowest BCUT2D eigenvalue weighted by atomic mass is 10.1. The van der Waals surface area contributed by atoms with Crippen LogP contribution in [0.5, 0.6) is 0 Å². The number of imidazole rings is 1. The zero-order chi connectivity index (χ0) is 20.7. The Bertz CT molecular complexity index is 1060. The van der Waals surface area contributed by atoms with Gasteiger partial charge in [-0.15, -0.1) is 12.4 Å². The number of rotatable bonds is 4. The van der Waals surface area contributed by atoms with Crippen LogP contribution in [0, 0.1) is 12.8 Å². The SMILES string of the molecule is Cc1nc(N2CCN(C)CC2)c2nc(-c3ccccc3Cl)n(CC3CCOC3)c2n1.Cl. The molecule has 3 aromatic rings. The first-order valence-corrected chi connectivity index (χ1v) is 11.0. The van der Waals surface area contributed by atoms with Gasteiger partial charge in [-0.1, -0.05) is 23.7 Å². The smallest absolute Gasteiger partial charge is 0.166 e. The van der Waals surface area contributed by atoms with Gasteiger partial charge < -0.3 is 19.1 Å². The third kappa shape index (κ3) is 4.37. The van der Waals surface area contributed by atoms with Crippen LogP contribution in [-0.4, -0.2) is 70.9 Å². The monoisotopic (exact) mass is 462 g/mol. The maximum Gasteiger partial charge on any atom is 0.166 e. The number of ether oxygens (including phenoxy) is 1. The van der Waals surface area contributed by atoms with Crippen LogP contribution in [0.3, 0.4) is 0 Å². The first kappa shape index (κ1) is 22.3. The quantitative estimate of drug-likeness (QED) is 0.589. The van der Waals surface area contributed by atoms with Crippen molar-refractivity contribution in [1.29, 1.82) is 0 Å². The lowest BCUT2D eigenvalue weighted by Gasteiger charge is -2.33. The van der Waals surface area contributed by atoms with Gasteiger partial charge in [-0.25, -0.2) is 15.0 Å². The van der Waals surface area contributed by atoms with Crippen LogP contribution in [0.4, 0.5) is 5.82 Å². The molecule has 2 saturated heterocycles. The Hall–Kier alpha value is -1.93. The average Bonchev–Trinajstić information content (AvgIpc) is 3.37. The third-order valence-corrected chi connectivity index (χ3v) is 6.40. The van der Waals surface area contributed by atoms with Gasteiger partial charge in [-0.3, -0.25) is 0 Å². The fourth-order valence-electron chi connectivity index (χ4n) is 4.34. The van der Waals surface area contributed by atoms with Crippen molar-refractivity contribution in [1.82, 2.24) is 24.4 Å². The summed E-state index contributed by atoms with van der Waals surface area (Å²) in [5, 5.41) is 0.697. The van der Waals surface area contributed by atoms with Gasteiger partial charge in [0.15, 0.2) is 17.0 Å². The zero-order valence-corrected chi connectivity index (χ0v) is 19.5. The fraction of sp³-hybridized carbons (Fsp3) is 0.500. The van der Waals surface area contributed by atoms with Gasteiger partial charge in [-0.2, -0.15) is 0 Å². The minimum atomic E-state index is 0. The Morgan fingerprint density at radius 3 is 2.58 bits per heavy atom. The summed E-state index contributed by atoms with van der Waals surface area (Å²) in [5.41, 5.74) is 2.68. The standard InChI is InChI=1S/C22H27ClN6O.ClH/c1-15-24-21(28-10-8-27(2)9-11-28)19-22(25-15)29(13-16-7-12-30-14-16)20(26-19)17-5-3-4-6-18(17)23;/h3-6,16H,7-14H2,1-2H3;1H. The number of nitrogens with zero attached hydrogens (tertiary/aromatic N) is 6. The van der Waals surface area contributed by atoms with E-state index in [9.17, 15) is 0 Å². The lowest BCUT2D eigenvalue weighted by Crippen LogP contribution is -2.45. The summed E-state index contributed by atoms with van der Waals surface area (Å²) in [5.74, 6) is 3.01. The van der Waals surface area contributed by atoms with Gasteiger partial charge >= 0.3 is 0 Å². The molecular weight excluding hydrogens is 435 g/mol. The highest BCUT2D eigenvalue weighted by atomic mass is 35.5. The number of hydrogen-bond donors (Lipinski definition) is 0. The largest absolute Gasteiger partial charge is 0.381 e. The molecule has 0 N–H and O–H groups in total. The van der Waals surface area contributed by atoms with Crippen molar-refractivity contribution < 1.29 is 4.74 Å². The predicted molar refractivity (Wildman–Crippen MR) is 126 cm³/mol. The highest BCUT2D eigenvalue weighted by Gasteiger charge is 2.26. The number of likely N-dealkylation sites (N-methyl/N-ethyl adjacent to an activating group) is 1. The number of anilines is 1. The van der Waals surface area contributed by atoms with Crippen molar-refractivity contribution in [3.8, 4) is 11.4 Å². The van der Waals surface area contributed by atoms with E-state index in [2.05, 4.69) is 21.4 Å². The van der Waals surface area contributed by atoms with Crippen molar-refractivity contribution in [2.75, 3.05) is 51.3 Å². The number of benzene rings is 1. The number of fused-ring (bicyclic) bond motifs is 1. The number of piperazine rings is 1. The molecule has 166 valence electrons. The minimum Gasteiger partial charge on any atom is -0.381 e. The van der Waals surface area contributed by atoms with Crippen LogP contribution < -0.4 is 4.90 Å². The molecule has 5 rings (SSSR count). The van der Waals surface area contributed by atoms with Crippen molar-refractivity contribution in [2.24, 2.45) is 5.92 Å². The van der Waals surface area contributed by atoms with Crippen LogP contribution in [0.2, 0.25) is 5.02 Å². The molecule has 7 nitrogen and oxygen atoms in total.